The molecule has 34 heavy (non-hydrogen) atoms. The van der Waals surface area contributed by atoms with Crippen LogP contribution in [0.1, 0.15) is 22.3 Å². The summed E-state index contributed by atoms with van der Waals surface area (Å²) in [5.41, 5.74) is 1.72. The number of nitrogens with one attached hydrogen (secondary N) is 1. The van der Waals surface area contributed by atoms with E-state index in [0.717, 1.165) is 41.4 Å². The fourth-order valence-corrected chi connectivity index (χ4v) is 4.08. The van der Waals surface area contributed by atoms with E-state index in [4.69, 9.17) is 0 Å². The SMILES string of the molecule is Cn1cc2c3cc(C(=O)NCCCn4ccnc4)ccc3n(-c3ccc(C(F)(F)F)cc3)c2n1. The monoisotopic (exact) mass is 466 g/mol. The first kappa shape index (κ1) is 21.7. The van der Waals surface area contributed by atoms with Gasteiger partial charge in [-0.3, -0.25) is 14.0 Å². The summed E-state index contributed by atoms with van der Waals surface area (Å²) in [5, 5.41) is 9.05. The van der Waals surface area contributed by atoms with E-state index in [-0.39, 0.29) is 5.91 Å². The molecule has 3 aromatic heterocycles. The van der Waals surface area contributed by atoms with Crippen LogP contribution in [0.5, 0.6) is 0 Å². The highest BCUT2D eigenvalue weighted by atomic mass is 19.4. The number of rotatable bonds is 6. The molecule has 174 valence electrons. The predicted octanol–water partition coefficient (Wildman–Crippen LogP) is 4.55. The number of hydrogen-bond donors (Lipinski definition) is 1. The maximum atomic E-state index is 13.0. The predicted molar refractivity (Wildman–Crippen MR) is 122 cm³/mol. The van der Waals surface area contributed by atoms with Gasteiger partial charge >= 0.3 is 6.18 Å². The van der Waals surface area contributed by atoms with Crippen molar-refractivity contribution in [3.63, 3.8) is 0 Å². The summed E-state index contributed by atoms with van der Waals surface area (Å²) in [4.78, 5) is 16.7. The molecule has 0 atom stereocenters. The van der Waals surface area contributed by atoms with Gasteiger partial charge in [-0.25, -0.2) is 4.98 Å². The number of nitrogens with zero attached hydrogens (tertiary/aromatic N) is 5. The lowest BCUT2D eigenvalue weighted by Crippen LogP contribution is -2.25. The van der Waals surface area contributed by atoms with Crippen LogP contribution in [0.15, 0.2) is 67.4 Å². The van der Waals surface area contributed by atoms with E-state index in [1.54, 1.807) is 47.0 Å². The van der Waals surface area contributed by atoms with Crippen molar-refractivity contribution in [2.45, 2.75) is 19.1 Å². The molecule has 10 heteroatoms. The van der Waals surface area contributed by atoms with Crippen molar-refractivity contribution < 1.29 is 18.0 Å². The Bertz CT molecular complexity index is 1460. The minimum atomic E-state index is -4.40. The largest absolute Gasteiger partial charge is 0.416 e. The first-order valence-corrected chi connectivity index (χ1v) is 10.7. The molecule has 5 aromatic rings. The number of fused-ring (bicyclic) bond motifs is 3. The molecule has 0 bridgehead atoms. The highest BCUT2D eigenvalue weighted by molar-refractivity contribution is 6.10. The van der Waals surface area contributed by atoms with E-state index < -0.39 is 11.7 Å². The molecular weight excluding hydrogens is 445 g/mol. The minimum Gasteiger partial charge on any atom is -0.352 e. The molecule has 0 aliphatic heterocycles. The molecule has 3 heterocycles. The summed E-state index contributed by atoms with van der Waals surface area (Å²) in [6.45, 7) is 1.27. The van der Waals surface area contributed by atoms with Crippen LogP contribution in [-0.4, -0.2) is 36.4 Å². The van der Waals surface area contributed by atoms with Crippen LogP contribution >= 0.6 is 0 Å². The van der Waals surface area contributed by atoms with Gasteiger partial charge in [0.1, 0.15) is 0 Å². The van der Waals surface area contributed by atoms with E-state index in [9.17, 15) is 18.0 Å². The Kier molecular flexibility index (Phi) is 5.35. The first-order chi connectivity index (χ1) is 16.3. The van der Waals surface area contributed by atoms with Crippen LogP contribution in [0.4, 0.5) is 13.2 Å². The second kappa shape index (κ2) is 8.36. The molecule has 5 rings (SSSR count). The summed E-state index contributed by atoms with van der Waals surface area (Å²) >= 11 is 0. The van der Waals surface area contributed by atoms with Gasteiger partial charge in [0.05, 0.1) is 17.4 Å². The van der Waals surface area contributed by atoms with Crippen LogP contribution in [0.25, 0.3) is 27.6 Å². The maximum Gasteiger partial charge on any atom is 0.416 e. The molecule has 1 N–H and O–H groups in total. The number of alkyl halides is 3. The fraction of sp³-hybridized carbons (Fsp3) is 0.208. The Morgan fingerprint density at radius 3 is 2.59 bits per heavy atom. The van der Waals surface area contributed by atoms with Crippen molar-refractivity contribution >= 4 is 27.8 Å². The maximum absolute atomic E-state index is 13.0. The molecule has 0 spiro atoms. The fourth-order valence-electron chi connectivity index (χ4n) is 4.08. The van der Waals surface area contributed by atoms with E-state index in [1.807, 2.05) is 17.0 Å². The third-order valence-electron chi connectivity index (χ3n) is 5.70. The molecule has 0 saturated carbocycles. The van der Waals surface area contributed by atoms with Gasteiger partial charge in [0.25, 0.3) is 5.91 Å². The lowest BCUT2D eigenvalue weighted by atomic mass is 10.1. The highest BCUT2D eigenvalue weighted by Gasteiger charge is 2.30. The third-order valence-corrected chi connectivity index (χ3v) is 5.70. The van der Waals surface area contributed by atoms with Gasteiger partial charge in [0.15, 0.2) is 5.65 Å². The normalized spacial score (nSPS) is 12.0. The van der Waals surface area contributed by atoms with Crippen molar-refractivity contribution in [3.8, 4) is 5.69 Å². The van der Waals surface area contributed by atoms with Gasteiger partial charge in [0.2, 0.25) is 0 Å². The summed E-state index contributed by atoms with van der Waals surface area (Å²) in [5.74, 6) is -0.188. The summed E-state index contributed by atoms with van der Waals surface area (Å²) in [6.07, 6.45) is 3.52. The van der Waals surface area contributed by atoms with E-state index in [2.05, 4.69) is 15.4 Å². The van der Waals surface area contributed by atoms with Gasteiger partial charge in [-0.1, -0.05) is 0 Å². The number of imidazole rings is 1. The minimum absolute atomic E-state index is 0.188. The number of halogens is 3. The number of hydrogen-bond acceptors (Lipinski definition) is 3. The quantitative estimate of drug-likeness (QED) is 0.373. The number of carbonyl (C=O) groups is 1. The van der Waals surface area contributed by atoms with Crippen molar-refractivity contribution in [3.05, 3.63) is 78.5 Å². The number of aromatic nitrogens is 5. The van der Waals surface area contributed by atoms with Crippen LogP contribution in [0.2, 0.25) is 0 Å². The highest BCUT2D eigenvalue weighted by Crippen LogP contribution is 2.34. The van der Waals surface area contributed by atoms with E-state index in [1.165, 1.54) is 12.1 Å². The van der Waals surface area contributed by atoms with Gasteiger partial charge in [-0.2, -0.15) is 18.3 Å². The van der Waals surface area contributed by atoms with Crippen molar-refractivity contribution in [2.75, 3.05) is 6.54 Å². The zero-order chi connectivity index (χ0) is 23.9. The molecule has 2 aromatic carbocycles. The molecule has 0 saturated heterocycles. The molecule has 0 aliphatic rings. The van der Waals surface area contributed by atoms with Gasteiger partial charge in [-0.15, -0.1) is 0 Å². The lowest BCUT2D eigenvalue weighted by Gasteiger charge is -2.10. The molecule has 7 nitrogen and oxygen atoms in total. The van der Waals surface area contributed by atoms with Crippen molar-refractivity contribution in [1.29, 1.82) is 0 Å². The van der Waals surface area contributed by atoms with Crippen LogP contribution in [0, 0.1) is 0 Å². The van der Waals surface area contributed by atoms with Crippen molar-refractivity contribution in [1.82, 2.24) is 29.2 Å². The Morgan fingerprint density at radius 1 is 1.09 bits per heavy atom. The number of aryl methyl sites for hydroxylation is 2. The zero-order valence-corrected chi connectivity index (χ0v) is 18.3. The number of amides is 1. The Morgan fingerprint density at radius 2 is 1.88 bits per heavy atom. The first-order valence-electron chi connectivity index (χ1n) is 10.7. The third kappa shape index (κ3) is 4.02. The average molecular weight is 466 g/mol. The molecule has 1 amide bonds. The second-order valence-corrected chi connectivity index (χ2v) is 8.06. The topological polar surface area (TPSA) is 69.7 Å². The molecule has 0 radical (unpaired) electrons. The second-order valence-electron chi connectivity index (χ2n) is 8.06. The lowest BCUT2D eigenvalue weighted by molar-refractivity contribution is -0.137. The summed E-state index contributed by atoms with van der Waals surface area (Å²) in [7, 11) is 1.78. The van der Waals surface area contributed by atoms with Gasteiger partial charge < -0.3 is 9.88 Å². The summed E-state index contributed by atoms with van der Waals surface area (Å²) in [6, 6.07) is 10.3. The van der Waals surface area contributed by atoms with Crippen LogP contribution in [-0.2, 0) is 19.8 Å². The molecular formula is C24H21F3N6O. The van der Waals surface area contributed by atoms with Gasteiger partial charge in [-0.05, 0) is 48.9 Å². The zero-order valence-electron chi connectivity index (χ0n) is 18.3. The van der Waals surface area contributed by atoms with Crippen LogP contribution in [0.3, 0.4) is 0 Å². The van der Waals surface area contributed by atoms with Crippen LogP contribution < -0.4 is 5.32 Å². The van der Waals surface area contributed by atoms with E-state index in [0.29, 0.717) is 23.4 Å². The molecule has 0 aliphatic carbocycles. The Balaban J connectivity index is 1.45. The number of carbonyl (C=O) groups excluding carboxylic acids is 1. The molecule has 0 unspecified atom stereocenters. The Labute approximate surface area is 192 Å². The number of benzene rings is 2. The molecule has 0 fully saturated rings. The standard InChI is InChI=1S/C24H21F3N6O/c1-31-14-20-19-13-16(23(34)29-9-2-11-32-12-10-28-15-32)3-8-21(19)33(22(20)30-31)18-6-4-17(5-7-18)24(25,26)27/h3-8,10,12-15H,2,9,11H2,1H3,(H,29,34). The Hall–Kier alpha value is -4.08. The summed E-state index contributed by atoms with van der Waals surface area (Å²) < 4.78 is 44.4. The van der Waals surface area contributed by atoms with Crippen molar-refractivity contribution in [2.24, 2.45) is 7.05 Å². The average Bonchev–Trinajstić information content (AvgIpc) is 3.52. The van der Waals surface area contributed by atoms with E-state index >= 15 is 0 Å². The van der Waals surface area contributed by atoms with Gasteiger partial charge in [0, 0.05) is 60.8 Å². The smallest absolute Gasteiger partial charge is 0.352 e.